The summed E-state index contributed by atoms with van der Waals surface area (Å²) in [5.41, 5.74) is 4.81. The summed E-state index contributed by atoms with van der Waals surface area (Å²) in [7, 11) is 0. The first-order chi connectivity index (χ1) is 8.97. The van der Waals surface area contributed by atoms with Gasteiger partial charge >= 0.3 is 0 Å². The molecule has 1 aromatic heterocycles. The van der Waals surface area contributed by atoms with Crippen LogP contribution < -0.4 is 5.32 Å². The SMILES string of the molecule is Cc1ccc(C(C)Nc2cnc(Cl)c(Br)c2)c(C)c1. The molecule has 0 aliphatic carbocycles. The molecule has 1 heterocycles. The molecule has 1 atom stereocenters. The predicted molar refractivity (Wildman–Crippen MR) is 84.9 cm³/mol. The number of aryl methyl sites for hydroxylation is 2. The molecule has 2 rings (SSSR count). The van der Waals surface area contributed by atoms with Gasteiger partial charge in [0.15, 0.2) is 0 Å². The van der Waals surface area contributed by atoms with Gasteiger partial charge in [-0.05, 0) is 53.9 Å². The summed E-state index contributed by atoms with van der Waals surface area (Å²) in [5.74, 6) is 0. The fraction of sp³-hybridized carbons (Fsp3) is 0.267. The second kappa shape index (κ2) is 5.93. The van der Waals surface area contributed by atoms with Crippen LogP contribution in [0.4, 0.5) is 5.69 Å². The Bertz CT molecular complexity index is 599. The quantitative estimate of drug-likeness (QED) is 0.769. The first-order valence-corrected chi connectivity index (χ1v) is 7.29. The second-order valence-electron chi connectivity index (χ2n) is 4.72. The van der Waals surface area contributed by atoms with Crippen molar-refractivity contribution in [2.75, 3.05) is 5.32 Å². The zero-order valence-corrected chi connectivity index (χ0v) is 13.5. The van der Waals surface area contributed by atoms with E-state index in [0.717, 1.165) is 10.2 Å². The van der Waals surface area contributed by atoms with Crippen LogP contribution in [-0.4, -0.2) is 4.98 Å². The molecule has 0 bridgehead atoms. The number of anilines is 1. The van der Waals surface area contributed by atoms with Gasteiger partial charge in [0.1, 0.15) is 5.15 Å². The molecule has 4 heteroatoms. The number of pyridine rings is 1. The smallest absolute Gasteiger partial charge is 0.143 e. The summed E-state index contributed by atoms with van der Waals surface area (Å²) in [6, 6.07) is 8.66. The number of benzene rings is 1. The largest absolute Gasteiger partial charge is 0.377 e. The van der Waals surface area contributed by atoms with Crippen molar-refractivity contribution in [3.05, 3.63) is 56.8 Å². The van der Waals surface area contributed by atoms with E-state index in [4.69, 9.17) is 11.6 Å². The van der Waals surface area contributed by atoms with Gasteiger partial charge in [0, 0.05) is 6.04 Å². The minimum Gasteiger partial charge on any atom is -0.377 e. The molecule has 2 aromatic rings. The normalized spacial score (nSPS) is 12.3. The summed E-state index contributed by atoms with van der Waals surface area (Å²) < 4.78 is 0.798. The molecule has 0 amide bonds. The van der Waals surface area contributed by atoms with Crippen molar-refractivity contribution in [1.29, 1.82) is 0 Å². The van der Waals surface area contributed by atoms with Crippen LogP contribution in [0.25, 0.3) is 0 Å². The Morgan fingerprint density at radius 3 is 2.63 bits per heavy atom. The van der Waals surface area contributed by atoms with Crippen LogP contribution >= 0.6 is 27.5 Å². The molecule has 19 heavy (non-hydrogen) atoms. The van der Waals surface area contributed by atoms with Crippen LogP contribution in [-0.2, 0) is 0 Å². The minimum absolute atomic E-state index is 0.218. The van der Waals surface area contributed by atoms with E-state index < -0.39 is 0 Å². The lowest BCUT2D eigenvalue weighted by molar-refractivity contribution is 0.871. The average Bonchev–Trinajstić information content (AvgIpc) is 2.33. The van der Waals surface area contributed by atoms with Crippen molar-refractivity contribution >= 4 is 33.2 Å². The van der Waals surface area contributed by atoms with E-state index >= 15 is 0 Å². The Hall–Kier alpha value is -1.06. The molecule has 0 saturated heterocycles. The third-order valence-electron chi connectivity index (χ3n) is 3.07. The fourth-order valence-corrected chi connectivity index (χ4v) is 2.59. The van der Waals surface area contributed by atoms with E-state index in [1.807, 2.05) is 6.07 Å². The molecule has 0 radical (unpaired) electrons. The lowest BCUT2D eigenvalue weighted by Gasteiger charge is -2.18. The van der Waals surface area contributed by atoms with Crippen molar-refractivity contribution in [2.45, 2.75) is 26.8 Å². The lowest BCUT2D eigenvalue weighted by Crippen LogP contribution is -2.08. The summed E-state index contributed by atoms with van der Waals surface area (Å²) >= 11 is 9.27. The Balaban J connectivity index is 2.20. The van der Waals surface area contributed by atoms with E-state index in [0.29, 0.717) is 5.15 Å². The number of halogens is 2. The predicted octanol–water partition coefficient (Wildman–Crippen LogP) is 5.29. The molecule has 0 fully saturated rings. The van der Waals surface area contributed by atoms with Gasteiger partial charge in [-0.15, -0.1) is 0 Å². The highest BCUT2D eigenvalue weighted by atomic mass is 79.9. The molecular weight excluding hydrogens is 324 g/mol. The molecule has 0 aliphatic heterocycles. The zero-order valence-electron chi connectivity index (χ0n) is 11.2. The van der Waals surface area contributed by atoms with Crippen LogP contribution in [0.2, 0.25) is 5.15 Å². The number of nitrogens with zero attached hydrogens (tertiary/aromatic N) is 1. The third-order valence-corrected chi connectivity index (χ3v) is 4.21. The van der Waals surface area contributed by atoms with E-state index in [1.165, 1.54) is 16.7 Å². The van der Waals surface area contributed by atoms with Crippen molar-refractivity contribution in [2.24, 2.45) is 0 Å². The van der Waals surface area contributed by atoms with Gasteiger partial charge in [-0.25, -0.2) is 4.98 Å². The topological polar surface area (TPSA) is 24.9 Å². The molecule has 1 N–H and O–H groups in total. The van der Waals surface area contributed by atoms with E-state index in [-0.39, 0.29) is 6.04 Å². The first-order valence-electron chi connectivity index (χ1n) is 6.12. The van der Waals surface area contributed by atoms with Crippen LogP contribution in [0.5, 0.6) is 0 Å². The maximum atomic E-state index is 5.89. The van der Waals surface area contributed by atoms with Crippen LogP contribution in [0.3, 0.4) is 0 Å². The number of hydrogen-bond acceptors (Lipinski definition) is 2. The number of nitrogens with one attached hydrogen (secondary N) is 1. The van der Waals surface area contributed by atoms with Crippen molar-refractivity contribution in [3.63, 3.8) is 0 Å². The standard InChI is InChI=1S/C15H16BrClN2/c1-9-4-5-13(10(2)6-9)11(3)19-12-7-14(16)15(17)18-8-12/h4-8,11,19H,1-3H3. The van der Waals surface area contributed by atoms with Crippen LogP contribution in [0.1, 0.15) is 29.7 Å². The van der Waals surface area contributed by atoms with E-state index in [9.17, 15) is 0 Å². The van der Waals surface area contributed by atoms with E-state index in [2.05, 4.69) is 65.2 Å². The van der Waals surface area contributed by atoms with Gasteiger partial charge in [0.25, 0.3) is 0 Å². The first kappa shape index (κ1) is 14.4. The van der Waals surface area contributed by atoms with E-state index in [1.54, 1.807) is 6.20 Å². The van der Waals surface area contributed by atoms with Crippen LogP contribution in [0.15, 0.2) is 34.9 Å². The van der Waals surface area contributed by atoms with Gasteiger partial charge in [-0.1, -0.05) is 35.4 Å². The fourth-order valence-electron chi connectivity index (χ4n) is 2.14. The summed E-state index contributed by atoms with van der Waals surface area (Å²) in [5, 5.41) is 3.91. The Kier molecular flexibility index (Phi) is 4.48. The zero-order chi connectivity index (χ0) is 14.0. The Morgan fingerprint density at radius 1 is 1.26 bits per heavy atom. The Labute approximate surface area is 127 Å². The van der Waals surface area contributed by atoms with Crippen molar-refractivity contribution in [3.8, 4) is 0 Å². The average molecular weight is 340 g/mol. The molecule has 100 valence electrons. The number of rotatable bonds is 3. The number of hydrogen-bond donors (Lipinski definition) is 1. The molecule has 2 nitrogen and oxygen atoms in total. The highest BCUT2D eigenvalue weighted by Gasteiger charge is 2.09. The summed E-state index contributed by atoms with van der Waals surface area (Å²) in [4.78, 5) is 4.12. The van der Waals surface area contributed by atoms with Gasteiger partial charge in [-0.3, -0.25) is 0 Å². The van der Waals surface area contributed by atoms with Crippen LogP contribution in [0, 0.1) is 13.8 Å². The minimum atomic E-state index is 0.218. The molecule has 0 saturated carbocycles. The summed E-state index contributed by atoms with van der Waals surface area (Å²) in [6.45, 7) is 6.38. The molecule has 0 spiro atoms. The maximum Gasteiger partial charge on any atom is 0.143 e. The lowest BCUT2D eigenvalue weighted by atomic mass is 10.0. The molecule has 1 aromatic carbocycles. The highest BCUT2D eigenvalue weighted by molar-refractivity contribution is 9.10. The molecule has 1 unspecified atom stereocenters. The second-order valence-corrected chi connectivity index (χ2v) is 5.94. The van der Waals surface area contributed by atoms with Gasteiger partial charge in [0.05, 0.1) is 16.4 Å². The third kappa shape index (κ3) is 3.48. The monoisotopic (exact) mass is 338 g/mol. The number of aromatic nitrogens is 1. The Morgan fingerprint density at radius 2 is 2.00 bits per heavy atom. The van der Waals surface area contributed by atoms with Gasteiger partial charge in [0.2, 0.25) is 0 Å². The van der Waals surface area contributed by atoms with Gasteiger partial charge < -0.3 is 5.32 Å². The highest BCUT2D eigenvalue weighted by Crippen LogP contribution is 2.27. The van der Waals surface area contributed by atoms with Gasteiger partial charge in [-0.2, -0.15) is 0 Å². The molecular formula is C15H16BrClN2. The van der Waals surface area contributed by atoms with Crippen molar-refractivity contribution in [1.82, 2.24) is 4.98 Å². The van der Waals surface area contributed by atoms with Crippen molar-refractivity contribution < 1.29 is 0 Å². The summed E-state index contributed by atoms with van der Waals surface area (Å²) in [6.07, 6.45) is 1.74. The molecule has 0 aliphatic rings. The maximum absolute atomic E-state index is 5.89.